The Hall–Kier alpha value is -2.86. The molecule has 98 valence electrons. The van der Waals surface area contributed by atoms with Crippen LogP contribution in [0.2, 0.25) is 0 Å². The lowest BCUT2D eigenvalue weighted by Crippen LogP contribution is -2.25. The Morgan fingerprint density at radius 1 is 1.37 bits per heavy atom. The Bertz CT molecular complexity index is 572. The van der Waals surface area contributed by atoms with Gasteiger partial charge in [-0.2, -0.15) is 4.79 Å². The van der Waals surface area contributed by atoms with Gasteiger partial charge in [-0.25, -0.2) is 4.79 Å². The molecule has 1 rings (SSSR count). The number of non-ortho nitro benzene ring substituents is 1. The van der Waals surface area contributed by atoms with Crippen LogP contribution in [-0.4, -0.2) is 27.2 Å². The van der Waals surface area contributed by atoms with Gasteiger partial charge in [-0.1, -0.05) is 0 Å². The number of ketones is 1. The topological polar surface area (TPSA) is 123 Å². The van der Waals surface area contributed by atoms with Gasteiger partial charge in [-0.05, 0) is 17.7 Å². The molecular weight excluding hydrogens is 254 g/mol. The summed E-state index contributed by atoms with van der Waals surface area (Å²) in [7, 11) is 0. The number of nitrogens with zero attached hydrogens (tertiary/aromatic N) is 3. The fourth-order valence-electron chi connectivity index (χ4n) is 1.19. The van der Waals surface area contributed by atoms with Crippen molar-refractivity contribution < 1.29 is 24.0 Å². The van der Waals surface area contributed by atoms with Crippen LogP contribution in [0.3, 0.4) is 0 Å². The van der Waals surface area contributed by atoms with Gasteiger partial charge >= 0.3 is 11.7 Å². The SMILES string of the molecule is CC(=O)C(=[N+]=[N-])C(=O)OCc1ccc([N+](=O)[O-])cc1. The number of hydrogen-bond donors (Lipinski definition) is 0. The van der Waals surface area contributed by atoms with E-state index in [1.165, 1.54) is 24.3 Å². The maximum atomic E-state index is 11.3. The van der Waals surface area contributed by atoms with Crippen molar-refractivity contribution >= 4 is 23.2 Å². The quantitative estimate of drug-likeness (QED) is 0.148. The zero-order valence-electron chi connectivity index (χ0n) is 9.90. The van der Waals surface area contributed by atoms with Crippen molar-refractivity contribution in [2.45, 2.75) is 13.5 Å². The standard InChI is InChI=1S/C11H9N3O5/c1-7(15)10(13-12)11(16)19-6-8-2-4-9(5-3-8)14(17)18/h2-5H,6H2,1H3. The van der Waals surface area contributed by atoms with Crippen LogP contribution in [0, 0.1) is 10.1 Å². The van der Waals surface area contributed by atoms with E-state index in [-0.39, 0.29) is 12.3 Å². The lowest BCUT2D eigenvalue weighted by Gasteiger charge is -2.01. The molecule has 8 nitrogen and oxygen atoms in total. The van der Waals surface area contributed by atoms with Crippen molar-refractivity contribution in [3.63, 3.8) is 0 Å². The summed E-state index contributed by atoms with van der Waals surface area (Å²) >= 11 is 0. The van der Waals surface area contributed by atoms with E-state index in [1.807, 2.05) is 0 Å². The molecule has 0 spiro atoms. The van der Waals surface area contributed by atoms with Crippen LogP contribution >= 0.6 is 0 Å². The number of benzene rings is 1. The van der Waals surface area contributed by atoms with Gasteiger partial charge in [-0.3, -0.25) is 14.9 Å². The minimum Gasteiger partial charge on any atom is -0.452 e. The first kappa shape index (κ1) is 14.2. The first-order valence-electron chi connectivity index (χ1n) is 5.09. The van der Waals surface area contributed by atoms with Crippen molar-refractivity contribution in [1.82, 2.24) is 0 Å². The summed E-state index contributed by atoms with van der Waals surface area (Å²) in [5.41, 5.74) is 8.16. The summed E-state index contributed by atoms with van der Waals surface area (Å²) in [6.07, 6.45) is 0. The molecule has 0 aliphatic rings. The molecule has 0 aliphatic heterocycles. The minimum absolute atomic E-state index is 0.0866. The van der Waals surface area contributed by atoms with Crippen molar-refractivity contribution in [3.05, 3.63) is 45.5 Å². The highest BCUT2D eigenvalue weighted by Crippen LogP contribution is 2.12. The Morgan fingerprint density at radius 2 is 1.95 bits per heavy atom. The molecule has 0 saturated carbocycles. The van der Waals surface area contributed by atoms with E-state index in [4.69, 9.17) is 10.3 Å². The van der Waals surface area contributed by atoms with E-state index in [0.717, 1.165) is 6.92 Å². The second-order valence-electron chi connectivity index (χ2n) is 3.50. The molecule has 0 amide bonds. The third-order valence-electron chi connectivity index (χ3n) is 2.14. The van der Waals surface area contributed by atoms with Crippen molar-refractivity contribution in [1.29, 1.82) is 0 Å². The summed E-state index contributed by atoms with van der Waals surface area (Å²) in [5, 5.41) is 10.4. The van der Waals surface area contributed by atoms with Crippen LogP contribution in [0.25, 0.3) is 5.53 Å². The third-order valence-corrected chi connectivity index (χ3v) is 2.14. The molecule has 0 atom stereocenters. The van der Waals surface area contributed by atoms with Crippen molar-refractivity contribution in [2.24, 2.45) is 0 Å². The van der Waals surface area contributed by atoms with Crippen LogP contribution in [0.15, 0.2) is 24.3 Å². The maximum Gasteiger partial charge on any atom is 0.441 e. The molecule has 0 bridgehead atoms. The molecule has 0 aliphatic carbocycles. The smallest absolute Gasteiger partial charge is 0.441 e. The van der Waals surface area contributed by atoms with Crippen molar-refractivity contribution in [3.8, 4) is 0 Å². The second-order valence-corrected chi connectivity index (χ2v) is 3.50. The Kier molecular flexibility index (Phi) is 4.62. The van der Waals surface area contributed by atoms with Crippen LogP contribution in [0.4, 0.5) is 5.69 Å². The van der Waals surface area contributed by atoms with Gasteiger partial charge < -0.3 is 10.3 Å². The lowest BCUT2D eigenvalue weighted by molar-refractivity contribution is -0.384. The van der Waals surface area contributed by atoms with Gasteiger partial charge in [0.05, 0.1) is 4.92 Å². The van der Waals surface area contributed by atoms with Crippen LogP contribution in [0.5, 0.6) is 0 Å². The summed E-state index contributed by atoms with van der Waals surface area (Å²) in [5.74, 6) is -1.79. The Labute approximate surface area is 107 Å². The zero-order valence-corrected chi connectivity index (χ0v) is 9.90. The molecule has 1 aromatic carbocycles. The molecule has 0 heterocycles. The molecule has 0 radical (unpaired) electrons. The summed E-state index contributed by atoms with van der Waals surface area (Å²) in [6, 6.07) is 5.34. The van der Waals surface area contributed by atoms with Crippen molar-refractivity contribution in [2.75, 3.05) is 0 Å². The lowest BCUT2D eigenvalue weighted by atomic mass is 10.2. The van der Waals surface area contributed by atoms with Gasteiger partial charge in [0.1, 0.15) is 6.61 Å². The molecule has 8 heteroatoms. The van der Waals surface area contributed by atoms with Crippen LogP contribution in [0.1, 0.15) is 12.5 Å². The van der Waals surface area contributed by atoms with E-state index >= 15 is 0 Å². The predicted octanol–water partition coefficient (Wildman–Crippen LogP) is 0.898. The molecule has 0 fully saturated rings. The summed E-state index contributed by atoms with van der Waals surface area (Å²) in [4.78, 5) is 34.6. The highest BCUT2D eigenvalue weighted by Gasteiger charge is 2.27. The number of ether oxygens (including phenoxy) is 1. The number of carbonyl (C=O) groups excluding carboxylic acids is 2. The average Bonchev–Trinajstić information content (AvgIpc) is 2.37. The molecular formula is C11H9N3O5. The average molecular weight is 263 g/mol. The predicted molar refractivity (Wildman–Crippen MR) is 62.2 cm³/mol. The minimum atomic E-state index is -1.06. The maximum absolute atomic E-state index is 11.3. The monoisotopic (exact) mass is 263 g/mol. The Morgan fingerprint density at radius 3 is 2.37 bits per heavy atom. The van der Waals surface area contributed by atoms with Crippen LogP contribution < -0.4 is 0 Å². The van der Waals surface area contributed by atoms with E-state index in [2.05, 4.69) is 4.79 Å². The molecule has 0 saturated heterocycles. The zero-order chi connectivity index (χ0) is 14.4. The van der Waals surface area contributed by atoms with E-state index in [1.54, 1.807) is 0 Å². The summed E-state index contributed by atoms with van der Waals surface area (Å²) < 4.78 is 4.72. The molecule has 19 heavy (non-hydrogen) atoms. The highest BCUT2D eigenvalue weighted by atomic mass is 16.6. The molecule has 0 unspecified atom stereocenters. The number of nitro benzene ring substituents is 1. The fraction of sp³-hybridized carbons (Fsp3) is 0.182. The summed E-state index contributed by atoms with van der Waals surface area (Å²) in [6.45, 7) is 0.866. The normalized spacial score (nSPS) is 9.32. The number of carbonyl (C=O) groups is 2. The number of hydrogen-bond acceptors (Lipinski definition) is 5. The second kappa shape index (κ2) is 6.18. The molecule has 0 N–H and O–H groups in total. The number of Topliss-reactive ketones (excluding diaryl/α,β-unsaturated/α-hetero) is 1. The highest BCUT2D eigenvalue weighted by molar-refractivity contribution is 6.61. The van der Waals surface area contributed by atoms with Gasteiger partial charge in [-0.15, -0.1) is 0 Å². The van der Waals surface area contributed by atoms with Gasteiger partial charge in [0.2, 0.25) is 5.78 Å². The first-order valence-corrected chi connectivity index (χ1v) is 5.09. The Balaban J connectivity index is 2.67. The van der Waals surface area contributed by atoms with Gasteiger partial charge in [0.25, 0.3) is 5.69 Å². The molecule has 1 aromatic rings. The third kappa shape index (κ3) is 3.83. The van der Waals surface area contributed by atoms with Gasteiger partial charge in [0, 0.05) is 19.1 Å². The van der Waals surface area contributed by atoms with E-state index in [9.17, 15) is 19.7 Å². The largest absolute Gasteiger partial charge is 0.452 e. The number of esters is 1. The first-order chi connectivity index (χ1) is 8.95. The fourth-order valence-corrected chi connectivity index (χ4v) is 1.19. The van der Waals surface area contributed by atoms with Gasteiger partial charge in [0.15, 0.2) is 0 Å². The number of rotatable bonds is 5. The van der Waals surface area contributed by atoms with Crippen LogP contribution in [-0.2, 0) is 20.9 Å². The van der Waals surface area contributed by atoms with E-state index in [0.29, 0.717) is 5.56 Å². The van der Waals surface area contributed by atoms with E-state index < -0.39 is 22.4 Å². The molecule has 0 aromatic heterocycles. The number of nitro groups is 1.